The van der Waals surface area contributed by atoms with Crippen LogP contribution < -0.4 is 5.32 Å². The summed E-state index contributed by atoms with van der Waals surface area (Å²) < 4.78 is 26.8. The molecule has 2 N–H and O–H groups in total. The van der Waals surface area contributed by atoms with E-state index in [1.165, 1.54) is 12.1 Å². The Labute approximate surface area is 96.3 Å². The third kappa shape index (κ3) is 2.77. The van der Waals surface area contributed by atoms with Crippen molar-refractivity contribution in [1.29, 1.82) is 0 Å². The average molecular weight is 243 g/mol. The van der Waals surface area contributed by atoms with Crippen LogP contribution >= 0.6 is 0 Å². The third-order valence-corrected chi connectivity index (χ3v) is 2.09. The van der Waals surface area contributed by atoms with Crippen LogP contribution in [0.4, 0.5) is 14.5 Å². The minimum atomic E-state index is -4.04. The molecule has 0 unspecified atom stereocenters. The van der Waals surface area contributed by atoms with E-state index in [1.54, 1.807) is 6.92 Å². The van der Waals surface area contributed by atoms with Crippen LogP contribution in [-0.2, 0) is 15.5 Å². The van der Waals surface area contributed by atoms with Gasteiger partial charge in [0.05, 0.1) is 11.3 Å². The van der Waals surface area contributed by atoms with E-state index in [0.29, 0.717) is 5.56 Å². The Hall–Kier alpha value is -1.98. The Bertz CT molecular complexity index is 472. The number of aliphatic carboxylic acids is 1. The zero-order valence-electron chi connectivity index (χ0n) is 9.25. The molecule has 1 aromatic carbocycles. The minimum Gasteiger partial charge on any atom is -0.477 e. The molecular formula is C11H11F2NO3. The number of hydrogen-bond acceptors (Lipinski definition) is 2. The molecule has 6 heteroatoms. The highest BCUT2D eigenvalue weighted by atomic mass is 19.3. The van der Waals surface area contributed by atoms with E-state index in [9.17, 15) is 18.4 Å². The Morgan fingerprint density at radius 2 is 1.94 bits per heavy atom. The van der Waals surface area contributed by atoms with Gasteiger partial charge in [-0.15, -0.1) is 0 Å². The summed E-state index contributed by atoms with van der Waals surface area (Å²) in [5, 5.41) is 10.7. The number of alkyl halides is 2. The van der Waals surface area contributed by atoms with Gasteiger partial charge < -0.3 is 10.4 Å². The van der Waals surface area contributed by atoms with Crippen LogP contribution in [0.2, 0.25) is 0 Å². The number of rotatable bonds is 3. The first-order chi connectivity index (χ1) is 7.75. The van der Waals surface area contributed by atoms with Gasteiger partial charge in [0, 0.05) is 6.92 Å². The number of halogens is 2. The van der Waals surface area contributed by atoms with E-state index < -0.39 is 23.4 Å². The second-order valence-corrected chi connectivity index (χ2v) is 3.61. The molecule has 0 aliphatic carbocycles. The van der Waals surface area contributed by atoms with E-state index in [-0.39, 0.29) is 5.69 Å². The smallest absolute Gasteiger partial charge is 0.379 e. The number of carboxylic acids is 1. The minimum absolute atomic E-state index is 0.199. The molecule has 4 nitrogen and oxygen atoms in total. The van der Waals surface area contributed by atoms with E-state index in [0.717, 1.165) is 13.0 Å². The largest absolute Gasteiger partial charge is 0.477 e. The average Bonchev–Trinajstić information content (AvgIpc) is 2.19. The Balaban J connectivity index is 3.33. The van der Waals surface area contributed by atoms with Crippen molar-refractivity contribution in [3.05, 3.63) is 29.3 Å². The predicted octanol–water partition coefficient (Wildman–Crippen LogP) is 2.13. The molecule has 0 saturated heterocycles. The van der Waals surface area contributed by atoms with Crippen LogP contribution in [0, 0.1) is 6.92 Å². The molecule has 0 atom stereocenters. The summed E-state index contributed by atoms with van der Waals surface area (Å²) in [5.41, 5.74) is -0.439. The normalized spacial score (nSPS) is 11.1. The van der Waals surface area contributed by atoms with Crippen LogP contribution in [0.25, 0.3) is 0 Å². The molecule has 0 radical (unpaired) electrons. The van der Waals surface area contributed by atoms with Gasteiger partial charge in [-0.2, -0.15) is 8.78 Å². The van der Waals surface area contributed by atoms with Crippen molar-refractivity contribution in [1.82, 2.24) is 0 Å². The molecule has 1 aromatic rings. The number of amides is 1. The lowest BCUT2D eigenvalue weighted by Crippen LogP contribution is -2.27. The summed E-state index contributed by atoms with van der Waals surface area (Å²) in [4.78, 5) is 21.4. The number of carbonyl (C=O) groups is 2. The van der Waals surface area contributed by atoms with E-state index in [1.807, 2.05) is 0 Å². The fourth-order valence-electron chi connectivity index (χ4n) is 1.33. The van der Waals surface area contributed by atoms with E-state index in [2.05, 4.69) is 5.32 Å². The number of carbonyl (C=O) groups excluding carboxylic acids is 1. The van der Waals surface area contributed by atoms with Gasteiger partial charge in [-0.05, 0) is 19.1 Å². The maximum Gasteiger partial charge on any atom is 0.379 e. The molecule has 0 fully saturated rings. The quantitative estimate of drug-likeness (QED) is 0.854. The highest BCUT2D eigenvalue weighted by Gasteiger charge is 2.43. The Morgan fingerprint density at radius 3 is 2.41 bits per heavy atom. The molecule has 0 aromatic heterocycles. The lowest BCUT2D eigenvalue weighted by molar-refractivity contribution is -0.166. The molecule has 0 aliphatic rings. The van der Waals surface area contributed by atoms with Crippen molar-refractivity contribution in [3.63, 3.8) is 0 Å². The summed E-state index contributed by atoms with van der Waals surface area (Å²) >= 11 is 0. The van der Waals surface area contributed by atoms with Crippen molar-refractivity contribution in [2.24, 2.45) is 0 Å². The Morgan fingerprint density at radius 1 is 1.35 bits per heavy atom. The van der Waals surface area contributed by atoms with E-state index in [4.69, 9.17) is 5.11 Å². The van der Waals surface area contributed by atoms with Crippen LogP contribution in [-0.4, -0.2) is 17.0 Å². The zero-order valence-corrected chi connectivity index (χ0v) is 9.25. The van der Waals surface area contributed by atoms with Gasteiger partial charge in [0.25, 0.3) is 0 Å². The zero-order chi connectivity index (χ0) is 13.2. The molecule has 1 amide bonds. The van der Waals surface area contributed by atoms with Gasteiger partial charge >= 0.3 is 11.9 Å². The first kappa shape index (κ1) is 13.1. The maximum atomic E-state index is 13.4. The van der Waals surface area contributed by atoms with E-state index >= 15 is 0 Å². The molecule has 0 spiro atoms. The predicted molar refractivity (Wildman–Crippen MR) is 57.0 cm³/mol. The van der Waals surface area contributed by atoms with Crippen LogP contribution in [0.3, 0.4) is 0 Å². The molecule has 0 aliphatic heterocycles. The van der Waals surface area contributed by atoms with Gasteiger partial charge in [0.2, 0.25) is 5.91 Å². The number of aryl methyl sites for hydroxylation is 1. The standard InChI is InChI=1S/C11H11F2NO3/c1-6-3-4-9(14-7(2)15)8(5-6)11(12,13)10(16)17/h3-5H,1-2H3,(H,14,15)(H,16,17). The summed E-state index contributed by atoms with van der Waals surface area (Å²) in [5.74, 6) is -6.84. The lowest BCUT2D eigenvalue weighted by Gasteiger charge is -2.16. The second-order valence-electron chi connectivity index (χ2n) is 3.61. The Kier molecular flexibility index (Phi) is 3.45. The molecule has 0 bridgehead atoms. The number of nitrogens with one attached hydrogen (secondary N) is 1. The lowest BCUT2D eigenvalue weighted by atomic mass is 10.0. The first-order valence-corrected chi connectivity index (χ1v) is 4.75. The highest BCUT2D eigenvalue weighted by molar-refractivity contribution is 5.91. The topological polar surface area (TPSA) is 66.4 Å². The molecule has 0 heterocycles. The van der Waals surface area contributed by atoms with Crippen molar-refractivity contribution in [2.75, 3.05) is 5.32 Å². The molecular weight excluding hydrogens is 232 g/mol. The van der Waals surface area contributed by atoms with Gasteiger partial charge in [-0.3, -0.25) is 4.79 Å². The monoisotopic (exact) mass is 243 g/mol. The second kappa shape index (κ2) is 4.48. The van der Waals surface area contributed by atoms with Crippen molar-refractivity contribution < 1.29 is 23.5 Å². The van der Waals surface area contributed by atoms with Crippen LogP contribution in [0.5, 0.6) is 0 Å². The summed E-state index contributed by atoms with van der Waals surface area (Å²) in [6, 6.07) is 3.80. The van der Waals surface area contributed by atoms with Crippen molar-refractivity contribution in [2.45, 2.75) is 19.8 Å². The maximum absolute atomic E-state index is 13.4. The van der Waals surface area contributed by atoms with Gasteiger partial charge in [-0.25, -0.2) is 4.79 Å². The summed E-state index contributed by atoms with van der Waals surface area (Å²) in [7, 11) is 0. The fraction of sp³-hybridized carbons (Fsp3) is 0.273. The van der Waals surface area contributed by atoms with Crippen LogP contribution in [0.15, 0.2) is 18.2 Å². The number of anilines is 1. The van der Waals surface area contributed by atoms with Crippen molar-refractivity contribution >= 4 is 17.6 Å². The number of carboxylic acid groups (broad SMARTS) is 1. The number of hydrogen-bond donors (Lipinski definition) is 2. The summed E-state index contributed by atoms with van der Waals surface area (Å²) in [6.07, 6.45) is 0. The molecule has 1 rings (SSSR count). The highest BCUT2D eigenvalue weighted by Crippen LogP contribution is 2.34. The van der Waals surface area contributed by atoms with Crippen molar-refractivity contribution in [3.8, 4) is 0 Å². The molecule has 0 saturated carbocycles. The van der Waals surface area contributed by atoms with Crippen LogP contribution in [0.1, 0.15) is 18.1 Å². The first-order valence-electron chi connectivity index (χ1n) is 4.75. The van der Waals surface area contributed by atoms with Gasteiger partial charge in [-0.1, -0.05) is 11.6 Å². The molecule has 17 heavy (non-hydrogen) atoms. The summed E-state index contributed by atoms with van der Waals surface area (Å²) in [6.45, 7) is 2.71. The van der Waals surface area contributed by atoms with Gasteiger partial charge in [0.1, 0.15) is 0 Å². The third-order valence-electron chi connectivity index (χ3n) is 2.09. The molecule has 92 valence electrons. The number of benzene rings is 1. The SMILES string of the molecule is CC(=O)Nc1ccc(C)cc1C(F)(F)C(=O)O. The van der Waals surface area contributed by atoms with Gasteiger partial charge in [0.15, 0.2) is 0 Å². The fourth-order valence-corrected chi connectivity index (χ4v) is 1.33.